The summed E-state index contributed by atoms with van der Waals surface area (Å²) in [6.07, 6.45) is 11.5. The summed E-state index contributed by atoms with van der Waals surface area (Å²) >= 11 is 0. The summed E-state index contributed by atoms with van der Waals surface area (Å²) in [7, 11) is 0. The number of hydrogen-bond donors (Lipinski definition) is 1. The molecule has 2 aliphatic carbocycles. The Morgan fingerprint density at radius 3 is 2.70 bits per heavy atom. The van der Waals surface area contributed by atoms with Gasteiger partial charge in [-0.3, -0.25) is 0 Å². The smallest absolute Gasteiger partial charge is 0.129 e. The second-order valence-electron chi connectivity index (χ2n) is 6.26. The molecule has 1 N–H and O–H groups in total. The van der Waals surface area contributed by atoms with E-state index in [0.717, 1.165) is 19.1 Å². The van der Waals surface area contributed by atoms with E-state index in [1.54, 1.807) is 0 Å². The Morgan fingerprint density at radius 1 is 1.20 bits per heavy atom. The van der Waals surface area contributed by atoms with Gasteiger partial charge in [-0.05, 0) is 50.3 Å². The van der Waals surface area contributed by atoms with E-state index in [4.69, 9.17) is 0 Å². The number of aromatic nitrogens is 1. The predicted octanol–water partition coefficient (Wildman–Crippen LogP) is 3.49. The Hall–Kier alpha value is -1.09. The average Bonchev–Trinajstić information content (AvgIpc) is 3.32. The minimum absolute atomic E-state index is 0.702. The van der Waals surface area contributed by atoms with Gasteiger partial charge in [0.25, 0.3) is 0 Å². The Labute approximate surface area is 122 Å². The molecule has 0 saturated heterocycles. The number of anilines is 1. The van der Waals surface area contributed by atoms with E-state index in [-0.39, 0.29) is 0 Å². The van der Waals surface area contributed by atoms with Crippen molar-refractivity contribution in [2.45, 2.75) is 70.5 Å². The highest BCUT2D eigenvalue weighted by Crippen LogP contribution is 2.26. The third kappa shape index (κ3) is 3.51. The van der Waals surface area contributed by atoms with E-state index in [2.05, 4.69) is 34.3 Å². The van der Waals surface area contributed by atoms with Crippen LogP contribution in [0.25, 0.3) is 0 Å². The largest absolute Gasteiger partial charge is 0.354 e. The molecule has 0 aromatic carbocycles. The molecule has 20 heavy (non-hydrogen) atoms. The second-order valence-corrected chi connectivity index (χ2v) is 6.26. The molecule has 0 bridgehead atoms. The molecule has 1 heterocycles. The van der Waals surface area contributed by atoms with Crippen LogP contribution in [-0.2, 0) is 6.54 Å². The fraction of sp³-hybridized carbons (Fsp3) is 0.706. The topological polar surface area (TPSA) is 28.2 Å². The lowest BCUT2D eigenvalue weighted by atomic mass is 9.94. The molecule has 0 amide bonds. The second kappa shape index (κ2) is 6.57. The van der Waals surface area contributed by atoms with Crippen LogP contribution >= 0.6 is 0 Å². The summed E-state index contributed by atoms with van der Waals surface area (Å²) in [6.45, 7) is 4.31. The molecule has 2 aliphatic rings. The van der Waals surface area contributed by atoms with E-state index >= 15 is 0 Å². The SMILES string of the molecule is CCN(c1cc(CNC2CC2)ccn1)C1CCCCC1. The lowest BCUT2D eigenvalue weighted by Gasteiger charge is -2.34. The van der Waals surface area contributed by atoms with Gasteiger partial charge in [-0.15, -0.1) is 0 Å². The normalized spacial score (nSPS) is 20.1. The van der Waals surface area contributed by atoms with Crippen LogP contribution in [-0.4, -0.2) is 23.6 Å². The molecule has 2 saturated carbocycles. The minimum atomic E-state index is 0.702. The van der Waals surface area contributed by atoms with Crippen LogP contribution in [0, 0.1) is 0 Å². The molecule has 0 aliphatic heterocycles. The van der Waals surface area contributed by atoms with Gasteiger partial charge in [0.15, 0.2) is 0 Å². The monoisotopic (exact) mass is 273 g/mol. The van der Waals surface area contributed by atoms with Crippen molar-refractivity contribution in [1.29, 1.82) is 0 Å². The van der Waals surface area contributed by atoms with Gasteiger partial charge in [-0.2, -0.15) is 0 Å². The van der Waals surface area contributed by atoms with Crippen molar-refractivity contribution in [2.24, 2.45) is 0 Å². The van der Waals surface area contributed by atoms with Gasteiger partial charge in [0.2, 0.25) is 0 Å². The third-order valence-electron chi connectivity index (χ3n) is 4.63. The van der Waals surface area contributed by atoms with Crippen LogP contribution in [0.2, 0.25) is 0 Å². The average molecular weight is 273 g/mol. The summed E-state index contributed by atoms with van der Waals surface area (Å²) in [5, 5.41) is 3.59. The van der Waals surface area contributed by atoms with E-state index in [9.17, 15) is 0 Å². The number of nitrogens with zero attached hydrogens (tertiary/aromatic N) is 2. The van der Waals surface area contributed by atoms with Crippen molar-refractivity contribution in [2.75, 3.05) is 11.4 Å². The van der Waals surface area contributed by atoms with Crippen LogP contribution in [0.5, 0.6) is 0 Å². The molecule has 1 aromatic rings. The highest BCUT2D eigenvalue weighted by molar-refractivity contribution is 5.42. The van der Waals surface area contributed by atoms with E-state index in [1.807, 2.05) is 6.20 Å². The van der Waals surface area contributed by atoms with Crippen LogP contribution in [0.15, 0.2) is 18.3 Å². The Balaban J connectivity index is 1.67. The summed E-state index contributed by atoms with van der Waals surface area (Å²) < 4.78 is 0. The fourth-order valence-electron chi connectivity index (χ4n) is 3.28. The molecule has 1 aromatic heterocycles. The number of pyridine rings is 1. The molecule has 110 valence electrons. The van der Waals surface area contributed by atoms with Gasteiger partial charge in [0.05, 0.1) is 0 Å². The first-order valence-corrected chi connectivity index (χ1v) is 8.32. The van der Waals surface area contributed by atoms with E-state index in [1.165, 1.54) is 56.3 Å². The van der Waals surface area contributed by atoms with Crippen molar-refractivity contribution in [3.63, 3.8) is 0 Å². The Kier molecular flexibility index (Phi) is 4.56. The predicted molar refractivity (Wildman–Crippen MR) is 84.0 cm³/mol. The fourth-order valence-corrected chi connectivity index (χ4v) is 3.28. The first kappa shape index (κ1) is 13.9. The molecule has 0 radical (unpaired) electrons. The molecule has 0 spiro atoms. The maximum absolute atomic E-state index is 4.63. The molecule has 3 nitrogen and oxygen atoms in total. The third-order valence-corrected chi connectivity index (χ3v) is 4.63. The van der Waals surface area contributed by atoms with Crippen molar-refractivity contribution in [1.82, 2.24) is 10.3 Å². The van der Waals surface area contributed by atoms with Crippen molar-refractivity contribution in [3.05, 3.63) is 23.9 Å². The molecular formula is C17H27N3. The number of nitrogens with one attached hydrogen (secondary N) is 1. The summed E-state index contributed by atoms with van der Waals surface area (Å²) in [5.41, 5.74) is 1.37. The van der Waals surface area contributed by atoms with Crippen molar-refractivity contribution in [3.8, 4) is 0 Å². The van der Waals surface area contributed by atoms with Gasteiger partial charge in [0, 0.05) is 31.4 Å². The maximum atomic E-state index is 4.63. The lowest BCUT2D eigenvalue weighted by Crippen LogP contribution is -2.37. The molecule has 0 atom stereocenters. The van der Waals surface area contributed by atoms with Crippen molar-refractivity contribution < 1.29 is 0 Å². The van der Waals surface area contributed by atoms with Crippen LogP contribution in [0.1, 0.15) is 57.4 Å². The van der Waals surface area contributed by atoms with Gasteiger partial charge in [-0.1, -0.05) is 19.3 Å². The van der Waals surface area contributed by atoms with Gasteiger partial charge >= 0.3 is 0 Å². The van der Waals surface area contributed by atoms with Crippen molar-refractivity contribution >= 4 is 5.82 Å². The number of hydrogen-bond acceptors (Lipinski definition) is 3. The molecule has 3 heteroatoms. The number of rotatable bonds is 6. The van der Waals surface area contributed by atoms with Crippen LogP contribution in [0.4, 0.5) is 5.82 Å². The van der Waals surface area contributed by atoms with Crippen LogP contribution < -0.4 is 10.2 Å². The molecular weight excluding hydrogens is 246 g/mol. The zero-order chi connectivity index (χ0) is 13.8. The Morgan fingerprint density at radius 2 is 2.00 bits per heavy atom. The standard InChI is InChI=1S/C17H27N3/c1-2-20(16-6-4-3-5-7-16)17-12-14(10-11-18-17)13-19-15-8-9-15/h10-12,15-16,19H,2-9,13H2,1H3. The lowest BCUT2D eigenvalue weighted by molar-refractivity contribution is 0.416. The first-order chi connectivity index (χ1) is 9.86. The molecule has 3 rings (SSSR count). The summed E-state index contributed by atoms with van der Waals surface area (Å²) in [5.74, 6) is 1.18. The molecule has 0 unspecified atom stereocenters. The zero-order valence-electron chi connectivity index (χ0n) is 12.6. The summed E-state index contributed by atoms with van der Waals surface area (Å²) in [4.78, 5) is 7.14. The zero-order valence-corrected chi connectivity index (χ0v) is 12.6. The highest BCUT2D eigenvalue weighted by atomic mass is 15.2. The van der Waals surface area contributed by atoms with Gasteiger partial charge in [0.1, 0.15) is 5.82 Å². The van der Waals surface area contributed by atoms with Crippen LogP contribution in [0.3, 0.4) is 0 Å². The minimum Gasteiger partial charge on any atom is -0.354 e. The Bertz CT molecular complexity index is 422. The first-order valence-electron chi connectivity index (χ1n) is 8.32. The quantitative estimate of drug-likeness (QED) is 0.860. The summed E-state index contributed by atoms with van der Waals surface area (Å²) in [6, 6.07) is 5.90. The molecule has 2 fully saturated rings. The van der Waals surface area contributed by atoms with E-state index < -0.39 is 0 Å². The van der Waals surface area contributed by atoms with Gasteiger partial charge in [-0.25, -0.2) is 4.98 Å². The maximum Gasteiger partial charge on any atom is 0.129 e. The highest BCUT2D eigenvalue weighted by Gasteiger charge is 2.22. The van der Waals surface area contributed by atoms with E-state index in [0.29, 0.717) is 6.04 Å². The van der Waals surface area contributed by atoms with Gasteiger partial charge < -0.3 is 10.2 Å².